The van der Waals surface area contributed by atoms with Gasteiger partial charge in [-0.2, -0.15) is 0 Å². The maximum atomic E-state index is 5.26. The van der Waals surface area contributed by atoms with Crippen LogP contribution < -0.4 is 10.6 Å². The number of hydrogen-bond donors (Lipinski definition) is 2. The van der Waals surface area contributed by atoms with E-state index in [-0.39, 0.29) is 17.7 Å². The molecule has 6 aromatic carbocycles. The Balaban J connectivity index is 1.16. The van der Waals surface area contributed by atoms with Crippen molar-refractivity contribution in [1.82, 2.24) is 9.88 Å². The Labute approximate surface area is 292 Å². The van der Waals surface area contributed by atoms with E-state index in [0.29, 0.717) is 0 Å². The summed E-state index contributed by atoms with van der Waals surface area (Å²) in [4.78, 5) is 5.26. The molecule has 3 aliphatic rings. The molecule has 4 nitrogen and oxygen atoms in total. The first-order valence-electron chi connectivity index (χ1n) is 17.9. The van der Waals surface area contributed by atoms with Crippen LogP contribution >= 0.6 is 0 Å². The number of para-hydroxylation sites is 1. The molecule has 0 bridgehead atoms. The van der Waals surface area contributed by atoms with Crippen LogP contribution in [0.4, 0.5) is 0 Å². The highest BCUT2D eigenvalue weighted by Crippen LogP contribution is 2.56. The summed E-state index contributed by atoms with van der Waals surface area (Å²) in [7, 11) is 0. The summed E-state index contributed by atoms with van der Waals surface area (Å²) in [6.45, 7) is 4.84. The van der Waals surface area contributed by atoms with Crippen molar-refractivity contribution >= 4 is 44.0 Å². The molecule has 1 aliphatic heterocycles. The number of aromatic nitrogens is 1. The number of allylic oxidation sites excluding steroid dienone is 4. The van der Waals surface area contributed by atoms with Gasteiger partial charge in [0.15, 0.2) is 6.17 Å². The molecule has 2 aliphatic carbocycles. The Morgan fingerprint density at radius 2 is 1.38 bits per heavy atom. The van der Waals surface area contributed by atoms with Crippen molar-refractivity contribution in [1.29, 1.82) is 0 Å². The third kappa shape index (κ3) is 4.31. The van der Waals surface area contributed by atoms with Crippen molar-refractivity contribution in [3.8, 4) is 5.69 Å². The van der Waals surface area contributed by atoms with Crippen LogP contribution in [0.3, 0.4) is 0 Å². The molecule has 10 rings (SSSR count). The van der Waals surface area contributed by atoms with Gasteiger partial charge in [0.2, 0.25) is 6.17 Å². The minimum absolute atomic E-state index is 0.0405. The summed E-state index contributed by atoms with van der Waals surface area (Å²) < 4.78 is 2.50. The lowest BCUT2D eigenvalue weighted by Crippen LogP contribution is -2.90. The first kappa shape index (κ1) is 29.2. The molecule has 1 aromatic heterocycles. The highest BCUT2D eigenvalue weighted by molar-refractivity contribution is 6.25. The third-order valence-electron chi connectivity index (χ3n) is 11.2. The summed E-state index contributed by atoms with van der Waals surface area (Å²) in [5.74, 6) is 0.916. The number of benzene rings is 6. The Morgan fingerprint density at radius 3 is 2.14 bits per heavy atom. The Bertz CT molecular complexity index is 2550. The molecule has 50 heavy (non-hydrogen) atoms. The van der Waals surface area contributed by atoms with Gasteiger partial charge >= 0.3 is 0 Å². The summed E-state index contributed by atoms with van der Waals surface area (Å²) in [6.07, 6.45) is 6.96. The largest absolute Gasteiger partial charge is 0.317 e. The standard InChI is InChI=1S/C46H38N4/c1-46(2)37-23-13-11-21-35(37)39-40-36-22-12-14-24-38(36)50(42(40)34-20-10-9-19-33(34)41(39)46)32-27-25-31(26-28-32)45-48-43(29-15-5-3-6-16-29)47-44(49-45)30-17-7-4-8-18-30/h3-10,12-20,22-28,43-44,47H,11,21H2,1-2H3,(H,48,49)/p+1. The lowest BCUT2D eigenvalue weighted by atomic mass is 9.78. The number of rotatable bonds is 4. The fraction of sp³-hybridized carbons (Fsp3) is 0.152. The SMILES string of the molecule is CC1(C)C2=C(CCC=C2)c2c1c1ccccc1c1c2c2ccccc2n1-c1ccc(C2=NC(c3ccccc3)[NH2+]C(c3ccccc3)N2)cc1. The number of amidine groups is 1. The average Bonchev–Trinajstić information content (AvgIpc) is 3.65. The minimum atomic E-state index is -0.0550. The topological polar surface area (TPSA) is 45.9 Å². The van der Waals surface area contributed by atoms with Gasteiger partial charge < -0.3 is 9.88 Å². The number of aliphatic imine (C=N–C) groups is 1. The van der Waals surface area contributed by atoms with Gasteiger partial charge in [-0.3, -0.25) is 5.32 Å². The zero-order valence-corrected chi connectivity index (χ0v) is 28.4. The number of nitrogens with zero attached hydrogens (tertiary/aromatic N) is 2. The number of hydrogen-bond acceptors (Lipinski definition) is 2. The monoisotopic (exact) mass is 647 g/mol. The van der Waals surface area contributed by atoms with Gasteiger partial charge in [0, 0.05) is 44.0 Å². The summed E-state index contributed by atoms with van der Waals surface area (Å²) in [5.41, 5.74) is 13.1. The third-order valence-corrected chi connectivity index (χ3v) is 11.2. The van der Waals surface area contributed by atoms with Crippen molar-refractivity contribution in [2.45, 2.75) is 44.4 Å². The number of fused-ring (bicyclic) bond motifs is 9. The predicted molar refractivity (Wildman–Crippen MR) is 207 cm³/mol. The van der Waals surface area contributed by atoms with Crippen LogP contribution in [0.1, 0.15) is 66.8 Å². The second-order valence-corrected chi connectivity index (χ2v) is 14.4. The van der Waals surface area contributed by atoms with E-state index in [0.717, 1.165) is 29.9 Å². The molecule has 0 spiro atoms. The maximum absolute atomic E-state index is 5.26. The van der Waals surface area contributed by atoms with Crippen LogP contribution in [0, 0.1) is 0 Å². The van der Waals surface area contributed by atoms with Crippen molar-refractivity contribution < 1.29 is 5.32 Å². The Kier molecular flexibility index (Phi) is 6.52. The summed E-state index contributed by atoms with van der Waals surface area (Å²) in [6, 6.07) is 48.4. The van der Waals surface area contributed by atoms with Crippen LogP contribution in [0.2, 0.25) is 0 Å². The second kappa shape index (κ2) is 11.2. The zero-order chi connectivity index (χ0) is 33.4. The molecule has 2 unspecified atom stereocenters. The van der Waals surface area contributed by atoms with Crippen LogP contribution in [0.25, 0.3) is 43.8 Å². The Morgan fingerprint density at radius 1 is 0.720 bits per heavy atom. The molecule has 7 aromatic rings. The first-order valence-corrected chi connectivity index (χ1v) is 17.9. The van der Waals surface area contributed by atoms with Gasteiger partial charge in [-0.15, -0.1) is 0 Å². The van der Waals surface area contributed by atoms with Gasteiger partial charge in [0.1, 0.15) is 5.84 Å². The maximum Gasteiger partial charge on any atom is 0.209 e. The zero-order valence-electron chi connectivity index (χ0n) is 28.4. The van der Waals surface area contributed by atoms with Gasteiger partial charge in [-0.05, 0) is 70.8 Å². The molecule has 0 amide bonds. The molecule has 2 atom stereocenters. The van der Waals surface area contributed by atoms with E-state index in [2.05, 4.69) is 175 Å². The second-order valence-electron chi connectivity index (χ2n) is 14.4. The predicted octanol–water partition coefficient (Wildman–Crippen LogP) is 9.64. The van der Waals surface area contributed by atoms with Crippen molar-refractivity contribution in [2.75, 3.05) is 0 Å². The summed E-state index contributed by atoms with van der Waals surface area (Å²) in [5, 5.41) is 11.4. The van der Waals surface area contributed by atoms with Gasteiger partial charge in [-0.25, -0.2) is 4.99 Å². The highest BCUT2D eigenvalue weighted by atomic mass is 15.3. The molecule has 0 fully saturated rings. The quantitative estimate of drug-likeness (QED) is 0.196. The normalized spacial score (nSPS) is 19.4. The minimum Gasteiger partial charge on any atom is -0.317 e. The van der Waals surface area contributed by atoms with E-state index in [1.54, 1.807) is 0 Å². The van der Waals surface area contributed by atoms with E-state index in [9.17, 15) is 0 Å². The molecule has 2 heterocycles. The van der Waals surface area contributed by atoms with E-state index < -0.39 is 0 Å². The van der Waals surface area contributed by atoms with Crippen LogP contribution in [0.5, 0.6) is 0 Å². The molecular weight excluding hydrogens is 609 g/mol. The van der Waals surface area contributed by atoms with Crippen LogP contribution in [-0.2, 0) is 5.41 Å². The van der Waals surface area contributed by atoms with E-state index in [1.807, 2.05) is 0 Å². The van der Waals surface area contributed by atoms with E-state index in [1.165, 1.54) is 66.0 Å². The molecule has 3 N–H and O–H groups in total. The smallest absolute Gasteiger partial charge is 0.209 e. The highest BCUT2D eigenvalue weighted by Gasteiger charge is 2.41. The molecular formula is C46H39N4+. The summed E-state index contributed by atoms with van der Waals surface area (Å²) >= 11 is 0. The van der Waals surface area contributed by atoms with Crippen molar-refractivity contribution in [2.24, 2.45) is 4.99 Å². The number of nitrogens with two attached hydrogens (primary N) is 1. The molecule has 0 radical (unpaired) electrons. The van der Waals surface area contributed by atoms with Crippen molar-refractivity contribution in [3.05, 3.63) is 179 Å². The van der Waals surface area contributed by atoms with Gasteiger partial charge in [0.05, 0.1) is 11.0 Å². The van der Waals surface area contributed by atoms with Crippen LogP contribution in [0.15, 0.2) is 156 Å². The number of nitrogens with one attached hydrogen (secondary N) is 1. The lowest BCUT2D eigenvalue weighted by molar-refractivity contribution is -0.739. The fourth-order valence-corrected chi connectivity index (χ4v) is 8.99. The molecule has 0 saturated heterocycles. The van der Waals surface area contributed by atoms with Crippen molar-refractivity contribution in [3.63, 3.8) is 0 Å². The average molecular weight is 648 g/mol. The number of quaternary nitrogens is 1. The van der Waals surface area contributed by atoms with Crippen LogP contribution in [-0.4, -0.2) is 10.4 Å². The fourth-order valence-electron chi connectivity index (χ4n) is 8.99. The van der Waals surface area contributed by atoms with Gasteiger partial charge in [0.25, 0.3) is 0 Å². The lowest BCUT2D eigenvalue weighted by Gasteiger charge is -2.29. The first-order chi connectivity index (χ1) is 24.6. The van der Waals surface area contributed by atoms with Gasteiger partial charge in [-0.1, -0.05) is 129 Å². The molecule has 0 saturated carbocycles. The van der Waals surface area contributed by atoms with E-state index in [4.69, 9.17) is 4.99 Å². The Hall–Kier alpha value is -5.71. The molecule has 4 heteroatoms. The van der Waals surface area contributed by atoms with E-state index >= 15 is 0 Å². The molecule has 242 valence electrons.